The highest BCUT2D eigenvalue weighted by molar-refractivity contribution is 5.96. The van der Waals surface area contributed by atoms with E-state index in [2.05, 4.69) is 5.32 Å². The van der Waals surface area contributed by atoms with Crippen molar-refractivity contribution in [3.05, 3.63) is 29.3 Å². The van der Waals surface area contributed by atoms with Gasteiger partial charge in [0, 0.05) is 25.7 Å². The van der Waals surface area contributed by atoms with Crippen LogP contribution in [-0.4, -0.2) is 54.2 Å². The lowest BCUT2D eigenvalue weighted by Crippen LogP contribution is -2.45. The summed E-state index contributed by atoms with van der Waals surface area (Å²) in [5, 5.41) is 2.86. The molecule has 1 N–H and O–H groups in total. The zero-order chi connectivity index (χ0) is 17.7. The van der Waals surface area contributed by atoms with Gasteiger partial charge in [0.15, 0.2) is 0 Å². The number of hydrogen-bond acceptors (Lipinski definition) is 3. The summed E-state index contributed by atoms with van der Waals surface area (Å²) in [5.41, 5.74) is 2.75. The topological polar surface area (TPSA) is 69.7 Å². The molecule has 130 valence electrons. The Kier molecular flexibility index (Phi) is 5.95. The van der Waals surface area contributed by atoms with E-state index in [1.807, 2.05) is 32.0 Å². The van der Waals surface area contributed by atoms with Gasteiger partial charge in [0.25, 0.3) is 0 Å². The number of anilines is 1. The number of amides is 3. The summed E-state index contributed by atoms with van der Waals surface area (Å²) in [6.07, 6.45) is 2.32. The molecular formula is C18H25N3O3. The van der Waals surface area contributed by atoms with E-state index in [1.54, 1.807) is 11.9 Å². The number of rotatable bonds is 5. The lowest BCUT2D eigenvalue weighted by atomic mass is 10.1. The summed E-state index contributed by atoms with van der Waals surface area (Å²) in [6, 6.07) is 5.80. The van der Waals surface area contributed by atoms with E-state index in [0.29, 0.717) is 13.0 Å². The van der Waals surface area contributed by atoms with Crippen LogP contribution in [0.2, 0.25) is 0 Å². The number of likely N-dealkylation sites (N-methyl/N-ethyl adjacent to an activating group) is 1. The highest BCUT2D eigenvalue weighted by Gasteiger charge is 2.23. The average molecular weight is 331 g/mol. The summed E-state index contributed by atoms with van der Waals surface area (Å²) < 4.78 is 0. The number of hydrogen-bond donors (Lipinski definition) is 1. The van der Waals surface area contributed by atoms with Gasteiger partial charge in [-0.3, -0.25) is 14.4 Å². The van der Waals surface area contributed by atoms with E-state index in [0.717, 1.165) is 29.7 Å². The molecule has 1 heterocycles. The summed E-state index contributed by atoms with van der Waals surface area (Å²) in [4.78, 5) is 39.1. The van der Waals surface area contributed by atoms with Crippen LogP contribution in [0.25, 0.3) is 0 Å². The fourth-order valence-electron chi connectivity index (χ4n) is 2.81. The van der Waals surface area contributed by atoms with Crippen LogP contribution < -0.4 is 5.32 Å². The zero-order valence-corrected chi connectivity index (χ0v) is 14.6. The number of aryl methyl sites for hydroxylation is 2. The highest BCUT2D eigenvalue weighted by Crippen LogP contribution is 2.19. The molecule has 0 bridgehead atoms. The predicted octanol–water partition coefficient (Wildman–Crippen LogP) is 1.71. The van der Waals surface area contributed by atoms with Crippen LogP contribution in [-0.2, 0) is 14.4 Å². The minimum atomic E-state index is -0.242. The molecule has 1 saturated heterocycles. The van der Waals surface area contributed by atoms with Crippen LogP contribution in [0.5, 0.6) is 0 Å². The quantitative estimate of drug-likeness (QED) is 0.893. The molecule has 6 nitrogen and oxygen atoms in total. The Morgan fingerprint density at radius 1 is 1.21 bits per heavy atom. The maximum absolute atomic E-state index is 12.2. The smallest absolute Gasteiger partial charge is 0.243 e. The molecule has 0 atom stereocenters. The third-order valence-electron chi connectivity index (χ3n) is 4.30. The molecule has 1 aromatic rings. The van der Waals surface area contributed by atoms with Gasteiger partial charge in [-0.2, -0.15) is 0 Å². The lowest BCUT2D eigenvalue weighted by molar-refractivity contribution is -0.142. The molecule has 0 unspecified atom stereocenters. The molecule has 1 aliphatic rings. The Morgan fingerprint density at radius 2 is 1.88 bits per heavy atom. The highest BCUT2D eigenvalue weighted by atomic mass is 16.2. The second-order valence-corrected chi connectivity index (χ2v) is 6.34. The fraction of sp³-hybridized carbons (Fsp3) is 0.500. The predicted molar refractivity (Wildman–Crippen MR) is 92.6 cm³/mol. The Hall–Kier alpha value is -2.37. The van der Waals surface area contributed by atoms with Crippen LogP contribution in [0.15, 0.2) is 18.2 Å². The van der Waals surface area contributed by atoms with Crippen LogP contribution in [0, 0.1) is 13.8 Å². The Bertz CT molecular complexity index is 622. The number of carbonyl (C=O) groups is 3. The third-order valence-corrected chi connectivity index (χ3v) is 4.30. The standard InChI is InChI=1S/C18H25N3O3/c1-13-7-6-8-14(2)18(13)19-15(22)11-20(3)17(24)12-21-10-5-4-9-16(21)23/h6-8H,4-5,9-12H2,1-3H3,(H,19,22). The van der Waals surface area contributed by atoms with Crippen molar-refractivity contribution in [3.8, 4) is 0 Å². The van der Waals surface area contributed by atoms with E-state index in [9.17, 15) is 14.4 Å². The Balaban J connectivity index is 1.88. The van der Waals surface area contributed by atoms with E-state index in [1.165, 1.54) is 4.90 Å². The second kappa shape index (κ2) is 7.95. The monoisotopic (exact) mass is 331 g/mol. The van der Waals surface area contributed by atoms with Crippen LogP contribution in [0.3, 0.4) is 0 Å². The summed E-state index contributed by atoms with van der Waals surface area (Å²) in [7, 11) is 1.58. The first kappa shape index (κ1) is 18.0. The number of piperidine rings is 1. The fourth-order valence-corrected chi connectivity index (χ4v) is 2.81. The van der Waals surface area contributed by atoms with Gasteiger partial charge in [0.1, 0.15) is 0 Å². The van der Waals surface area contributed by atoms with E-state index < -0.39 is 0 Å². The van der Waals surface area contributed by atoms with Crippen molar-refractivity contribution in [2.24, 2.45) is 0 Å². The van der Waals surface area contributed by atoms with Crippen molar-refractivity contribution in [1.82, 2.24) is 9.80 Å². The molecule has 6 heteroatoms. The first-order chi connectivity index (χ1) is 11.4. The van der Waals surface area contributed by atoms with E-state index in [4.69, 9.17) is 0 Å². The van der Waals surface area contributed by atoms with Crippen LogP contribution in [0.1, 0.15) is 30.4 Å². The normalized spacial score (nSPS) is 14.5. The van der Waals surface area contributed by atoms with Crippen molar-refractivity contribution in [1.29, 1.82) is 0 Å². The molecule has 1 aromatic carbocycles. The number of nitrogens with zero attached hydrogens (tertiary/aromatic N) is 2. The third kappa shape index (κ3) is 4.57. The summed E-state index contributed by atoms with van der Waals surface area (Å²) in [5.74, 6) is -0.446. The van der Waals surface area contributed by atoms with E-state index in [-0.39, 0.29) is 30.8 Å². The van der Waals surface area contributed by atoms with Crippen molar-refractivity contribution in [3.63, 3.8) is 0 Å². The van der Waals surface area contributed by atoms with Gasteiger partial charge in [0.05, 0.1) is 13.1 Å². The maximum Gasteiger partial charge on any atom is 0.243 e. The molecule has 0 aromatic heterocycles. The van der Waals surface area contributed by atoms with Gasteiger partial charge in [-0.25, -0.2) is 0 Å². The van der Waals surface area contributed by atoms with Gasteiger partial charge in [-0.15, -0.1) is 0 Å². The van der Waals surface area contributed by atoms with E-state index >= 15 is 0 Å². The van der Waals surface area contributed by atoms with Gasteiger partial charge in [-0.05, 0) is 37.8 Å². The molecule has 3 amide bonds. The zero-order valence-electron chi connectivity index (χ0n) is 14.6. The minimum absolute atomic E-state index is 0.0167. The molecule has 0 saturated carbocycles. The number of para-hydroxylation sites is 1. The van der Waals surface area contributed by atoms with Crippen molar-refractivity contribution in [2.45, 2.75) is 33.1 Å². The van der Waals surface area contributed by atoms with Gasteiger partial charge in [-0.1, -0.05) is 18.2 Å². The first-order valence-corrected chi connectivity index (χ1v) is 8.26. The Labute approximate surface area is 142 Å². The molecule has 0 radical (unpaired) electrons. The number of carbonyl (C=O) groups excluding carboxylic acids is 3. The molecular weight excluding hydrogens is 306 g/mol. The summed E-state index contributed by atoms with van der Waals surface area (Å²) >= 11 is 0. The molecule has 0 spiro atoms. The molecule has 24 heavy (non-hydrogen) atoms. The SMILES string of the molecule is Cc1cccc(C)c1NC(=O)CN(C)C(=O)CN1CCCCC1=O. The lowest BCUT2D eigenvalue weighted by Gasteiger charge is -2.28. The minimum Gasteiger partial charge on any atom is -0.335 e. The number of benzene rings is 1. The second-order valence-electron chi connectivity index (χ2n) is 6.34. The molecule has 1 fully saturated rings. The van der Waals surface area contributed by atoms with Crippen LogP contribution >= 0.6 is 0 Å². The molecule has 2 rings (SSSR count). The van der Waals surface area contributed by atoms with Crippen LogP contribution in [0.4, 0.5) is 5.69 Å². The average Bonchev–Trinajstić information content (AvgIpc) is 2.53. The van der Waals surface area contributed by atoms with Gasteiger partial charge in [0.2, 0.25) is 17.7 Å². The van der Waals surface area contributed by atoms with Gasteiger partial charge >= 0.3 is 0 Å². The summed E-state index contributed by atoms with van der Waals surface area (Å²) in [6.45, 7) is 4.49. The molecule has 1 aliphatic heterocycles. The van der Waals surface area contributed by atoms with Gasteiger partial charge < -0.3 is 15.1 Å². The Morgan fingerprint density at radius 3 is 2.50 bits per heavy atom. The first-order valence-electron chi connectivity index (χ1n) is 8.26. The van der Waals surface area contributed by atoms with Crippen molar-refractivity contribution < 1.29 is 14.4 Å². The number of likely N-dealkylation sites (tertiary alicyclic amines) is 1. The molecule has 0 aliphatic carbocycles. The van der Waals surface area contributed by atoms with Crippen molar-refractivity contribution in [2.75, 3.05) is 32.0 Å². The van der Waals surface area contributed by atoms with Crippen molar-refractivity contribution >= 4 is 23.4 Å². The maximum atomic E-state index is 12.2. The largest absolute Gasteiger partial charge is 0.335 e. The number of nitrogens with one attached hydrogen (secondary N) is 1.